The molecule has 4 heterocycles. The number of nitrogens with zero attached hydrogens (tertiary/aromatic N) is 7. The Morgan fingerprint density at radius 2 is 0.426 bits per heavy atom. The van der Waals surface area contributed by atoms with E-state index < -0.39 is 0 Å². The van der Waals surface area contributed by atoms with Crippen LogP contribution in [-0.2, 0) is 16.2 Å². The van der Waals surface area contributed by atoms with Crippen molar-refractivity contribution in [1.82, 2.24) is 34.5 Å². The third-order valence-electron chi connectivity index (χ3n) is 30.6. The highest BCUT2D eigenvalue weighted by molar-refractivity contribution is 6.11. The van der Waals surface area contributed by atoms with E-state index in [1.807, 2.05) is 18.2 Å². The fourth-order valence-corrected chi connectivity index (χ4v) is 23.7. The predicted molar refractivity (Wildman–Crippen MR) is 616 cm³/mol. The van der Waals surface area contributed by atoms with Crippen LogP contribution in [0, 0.1) is 0 Å². The second kappa shape index (κ2) is 36.7. The summed E-state index contributed by atoms with van der Waals surface area (Å²) in [6.07, 6.45) is 0. The molecular formula is C141H101N7. The molecule has 7 nitrogen and oxygen atoms in total. The molecule has 28 rings (SSSR count). The van der Waals surface area contributed by atoms with Gasteiger partial charge in [-0.25, -0.2) is 29.9 Å². The van der Waals surface area contributed by atoms with Gasteiger partial charge in [-0.1, -0.05) is 436 Å². The average Bonchev–Trinajstić information content (AvgIpc) is 1.55. The molecule has 25 aromatic rings. The van der Waals surface area contributed by atoms with Crippen molar-refractivity contribution in [3.63, 3.8) is 0 Å². The lowest BCUT2D eigenvalue weighted by molar-refractivity contribution is 0.666. The SMILES string of the molecule is CC1(C)c2ccccc2-c2c(-c3cc(-c4ccccc4)nc(-c4cc(-c5ccccc5)cc(-c5ccccc5)c4)c3)cc3ccccc3c21.CC1(C)c2ccccc2-c2c(-c3nc(-c4ccccc4)cc(-c4cc(-c5ccccc5)cc(-c5ccccc5)c4)n3)cc3ccccc3c21.CC1(C)c2ccccc2-c2c(-c3nc(-c4ccccc4)nc(-c4ccc(-n5c6ccccc6c6ccccc65)cc4)n3)cc3ccccc3c21. The summed E-state index contributed by atoms with van der Waals surface area (Å²) in [7, 11) is 0. The summed E-state index contributed by atoms with van der Waals surface area (Å²) >= 11 is 0. The number of hydrogen-bond acceptors (Lipinski definition) is 6. The lowest BCUT2D eigenvalue weighted by atomic mass is 9.79. The molecule has 0 N–H and O–H groups in total. The van der Waals surface area contributed by atoms with E-state index >= 15 is 0 Å². The molecule has 0 spiro atoms. The molecule has 700 valence electrons. The third kappa shape index (κ3) is 15.8. The quantitative estimate of drug-likeness (QED) is 0.108. The van der Waals surface area contributed by atoms with Gasteiger partial charge in [-0.3, -0.25) is 0 Å². The summed E-state index contributed by atoms with van der Waals surface area (Å²) in [6.45, 7) is 14.1. The summed E-state index contributed by atoms with van der Waals surface area (Å²) < 4.78 is 2.33. The third-order valence-corrected chi connectivity index (χ3v) is 30.6. The molecule has 0 unspecified atom stereocenters. The van der Waals surface area contributed by atoms with Crippen molar-refractivity contribution < 1.29 is 0 Å². The first-order valence-corrected chi connectivity index (χ1v) is 51.1. The number of hydrogen-bond donors (Lipinski definition) is 0. The Morgan fingerprint density at radius 3 is 0.804 bits per heavy atom. The van der Waals surface area contributed by atoms with Crippen molar-refractivity contribution in [3.05, 3.63) is 537 Å². The van der Waals surface area contributed by atoms with E-state index in [2.05, 4.69) is 531 Å². The number of para-hydroxylation sites is 2. The fraction of sp³-hybridized carbons (Fsp3) is 0.0638. The van der Waals surface area contributed by atoms with Crippen LogP contribution < -0.4 is 0 Å². The van der Waals surface area contributed by atoms with Crippen LogP contribution in [0.15, 0.2) is 504 Å². The van der Waals surface area contributed by atoms with Crippen molar-refractivity contribution in [2.45, 2.75) is 57.8 Å². The van der Waals surface area contributed by atoms with Crippen molar-refractivity contribution >= 4 is 54.1 Å². The van der Waals surface area contributed by atoms with Crippen LogP contribution in [0.5, 0.6) is 0 Å². The largest absolute Gasteiger partial charge is 0.309 e. The Kier molecular flexibility index (Phi) is 22.2. The van der Waals surface area contributed by atoms with Crippen LogP contribution in [0.2, 0.25) is 0 Å². The molecule has 3 aliphatic carbocycles. The van der Waals surface area contributed by atoms with E-state index in [1.165, 1.54) is 165 Å². The Balaban J connectivity index is 0.000000112. The van der Waals surface area contributed by atoms with Gasteiger partial charge in [0.2, 0.25) is 0 Å². The standard InChI is InChI=1S/C48H35N.C47H34N2.C46H32N4/c1-48(2)43-25-15-14-24-41(43)46-42(29-35-22-12-13-23-40(35)47(46)48)38-30-44(34-20-10-5-11-21-34)49-45(31-38)39-27-36(32-16-6-3-7-17-32)26-37(28-39)33-18-8-4-9-19-33;1-47(2)41-25-15-14-24-39(41)44-40(29-34-22-12-13-23-38(34)45(44)47)46-48-42(33-20-10-5-11-21-33)30-43(49-46)37-27-35(31-16-6-3-7-17-31)26-36(28-37)32-18-8-4-9-19-32;1-46(2)38-21-11-8-20-36(38)41-37(28-31-16-6-7-17-33(31)42(41)46)45-48-43(29-14-4-3-5-15-29)47-44(49-45)30-24-26-32(27-25-30)50-39-22-12-9-18-34(39)35-19-10-13-23-40(35)50/h3-31H,1-2H3;3-30H,1-2H3;3-28H,1-2H3. The first-order chi connectivity index (χ1) is 72.6. The van der Waals surface area contributed by atoms with Crippen molar-refractivity contribution in [3.8, 4) is 185 Å². The molecule has 148 heavy (non-hydrogen) atoms. The molecule has 0 radical (unpaired) electrons. The highest BCUT2D eigenvalue weighted by Crippen LogP contribution is 2.59. The lowest BCUT2D eigenvalue weighted by Gasteiger charge is -2.24. The molecule has 0 amide bonds. The minimum Gasteiger partial charge on any atom is -0.309 e. The maximum atomic E-state index is 5.46. The number of fused-ring (bicyclic) bond motifs is 18. The second-order valence-corrected chi connectivity index (χ2v) is 40.7. The summed E-state index contributed by atoms with van der Waals surface area (Å²) in [6, 6.07) is 180. The zero-order valence-corrected chi connectivity index (χ0v) is 83.1. The summed E-state index contributed by atoms with van der Waals surface area (Å²) in [4.78, 5) is 31.8. The van der Waals surface area contributed by atoms with Crippen LogP contribution in [0.1, 0.15) is 74.9 Å². The van der Waals surface area contributed by atoms with E-state index in [-0.39, 0.29) is 16.2 Å². The minimum atomic E-state index is -0.178. The maximum Gasteiger partial charge on any atom is 0.164 e. The number of pyridine rings is 1. The first kappa shape index (κ1) is 89.5. The smallest absolute Gasteiger partial charge is 0.164 e. The van der Waals surface area contributed by atoms with E-state index in [1.54, 1.807) is 0 Å². The van der Waals surface area contributed by atoms with Crippen LogP contribution in [0.3, 0.4) is 0 Å². The topological polar surface area (TPSA) is 82.3 Å². The molecule has 4 aromatic heterocycles. The number of rotatable bonds is 14. The minimum absolute atomic E-state index is 0.131. The summed E-state index contributed by atoms with van der Waals surface area (Å²) in [5, 5.41) is 10.0. The van der Waals surface area contributed by atoms with Crippen molar-refractivity contribution in [2.75, 3.05) is 0 Å². The van der Waals surface area contributed by atoms with Gasteiger partial charge in [0.25, 0.3) is 0 Å². The van der Waals surface area contributed by atoms with Crippen LogP contribution in [-0.4, -0.2) is 34.5 Å². The molecule has 3 aliphatic rings. The molecule has 21 aromatic carbocycles. The molecule has 0 saturated heterocycles. The molecule has 0 saturated carbocycles. The van der Waals surface area contributed by atoms with E-state index in [4.69, 9.17) is 29.9 Å². The molecular weight excluding hydrogens is 1790 g/mol. The summed E-state index contributed by atoms with van der Waals surface area (Å²) in [5.41, 5.74) is 42.5. The molecule has 0 atom stereocenters. The fourth-order valence-electron chi connectivity index (χ4n) is 23.7. The van der Waals surface area contributed by atoms with Crippen LogP contribution >= 0.6 is 0 Å². The normalized spacial score (nSPS) is 13.0. The van der Waals surface area contributed by atoms with Gasteiger partial charge in [-0.2, -0.15) is 0 Å². The molecule has 0 fully saturated rings. The average molecular weight is 1890 g/mol. The van der Waals surface area contributed by atoms with E-state index in [0.29, 0.717) is 17.5 Å². The highest BCUT2D eigenvalue weighted by atomic mass is 15.0. The van der Waals surface area contributed by atoms with Gasteiger partial charge in [-0.05, 0) is 264 Å². The van der Waals surface area contributed by atoms with Gasteiger partial charge in [0.15, 0.2) is 23.3 Å². The predicted octanol–water partition coefficient (Wildman–Crippen LogP) is 36.6. The van der Waals surface area contributed by atoms with Gasteiger partial charge in [0, 0.05) is 77.2 Å². The Hall–Kier alpha value is -18.6. The van der Waals surface area contributed by atoms with Gasteiger partial charge < -0.3 is 4.57 Å². The van der Waals surface area contributed by atoms with Gasteiger partial charge in [0.05, 0.1) is 33.8 Å². The first-order valence-electron chi connectivity index (χ1n) is 51.1. The van der Waals surface area contributed by atoms with E-state index in [9.17, 15) is 0 Å². The maximum absolute atomic E-state index is 5.46. The van der Waals surface area contributed by atoms with Crippen LogP contribution in [0.25, 0.3) is 239 Å². The number of aromatic nitrogens is 7. The Bertz CT molecular complexity index is 8980. The van der Waals surface area contributed by atoms with Crippen LogP contribution in [0.4, 0.5) is 0 Å². The Morgan fingerprint density at radius 1 is 0.162 bits per heavy atom. The van der Waals surface area contributed by atoms with E-state index in [0.717, 1.165) is 89.9 Å². The zero-order chi connectivity index (χ0) is 99.3. The van der Waals surface area contributed by atoms with Crippen molar-refractivity contribution in [1.29, 1.82) is 0 Å². The zero-order valence-electron chi connectivity index (χ0n) is 83.1. The van der Waals surface area contributed by atoms with Gasteiger partial charge >= 0.3 is 0 Å². The Labute approximate surface area is 862 Å². The monoisotopic (exact) mass is 1890 g/mol. The number of benzene rings is 21. The van der Waals surface area contributed by atoms with Gasteiger partial charge in [-0.15, -0.1) is 0 Å². The summed E-state index contributed by atoms with van der Waals surface area (Å²) in [5.74, 6) is 2.71. The van der Waals surface area contributed by atoms with Gasteiger partial charge in [0.1, 0.15) is 0 Å². The second-order valence-electron chi connectivity index (χ2n) is 40.7. The molecule has 0 aliphatic heterocycles. The van der Waals surface area contributed by atoms with Crippen molar-refractivity contribution in [2.24, 2.45) is 0 Å². The lowest BCUT2D eigenvalue weighted by Crippen LogP contribution is -2.15. The molecule has 7 heteroatoms. The highest BCUT2D eigenvalue weighted by Gasteiger charge is 2.43. The molecule has 0 bridgehead atoms.